The molecular weight excluding hydrogens is 266 g/mol. The van der Waals surface area contributed by atoms with E-state index in [1.807, 2.05) is 37.3 Å². The highest BCUT2D eigenvalue weighted by Crippen LogP contribution is 2.04. The predicted molar refractivity (Wildman–Crippen MR) is 83.5 cm³/mol. The Morgan fingerprint density at radius 1 is 1.19 bits per heavy atom. The van der Waals surface area contributed by atoms with Gasteiger partial charge in [-0.25, -0.2) is 0 Å². The average molecular weight is 285 g/mol. The van der Waals surface area contributed by atoms with E-state index in [9.17, 15) is 9.59 Å². The molecule has 5 nitrogen and oxygen atoms in total. The first-order valence-electron chi connectivity index (χ1n) is 6.83. The molecular formula is C16H19N3O2. The molecule has 0 aliphatic heterocycles. The molecule has 0 radical (unpaired) electrons. The quantitative estimate of drug-likeness (QED) is 0.877. The van der Waals surface area contributed by atoms with E-state index in [1.54, 1.807) is 7.05 Å². The van der Waals surface area contributed by atoms with Crippen LogP contribution in [-0.4, -0.2) is 23.1 Å². The maximum Gasteiger partial charge on any atom is 0.253 e. The third-order valence-electron chi connectivity index (χ3n) is 3.11. The fourth-order valence-electron chi connectivity index (χ4n) is 1.91. The number of nitrogens with zero attached hydrogens (tertiary/aromatic N) is 1. The zero-order valence-corrected chi connectivity index (χ0v) is 12.2. The number of amides is 1. The summed E-state index contributed by atoms with van der Waals surface area (Å²) in [5, 5.41) is 6.15. The lowest BCUT2D eigenvalue weighted by Crippen LogP contribution is -2.37. The summed E-state index contributed by atoms with van der Waals surface area (Å²) in [5.41, 5.74) is 1.36. The predicted octanol–water partition coefficient (Wildman–Crippen LogP) is 1.62. The third kappa shape index (κ3) is 4.21. The Bertz CT molecular complexity index is 665. The number of para-hydroxylation sites is 1. The van der Waals surface area contributed by atoms with Crippen molar-refractivity contribution in [3.05, 3.63) is 64.6 Å². The highest BCUT2D eigenvalue weighted by atomic mass is 16.2. The molecule has 21 heavy (non-hydrogen) atoms. The summed E-state index contributed by atoms with van der Waals surface area (Å²) in [5.74, 6) is -0.187. The first kappa shape index (κ1) is 14.8. The topological polar surface area (TPSA) is 63.1 Å². The lowest BCUT2D eigenvalue weighted by atomic mass is 10.2. The van der Waals surface area contributed by atoms with Crippen LogP contribution in [0.2, 0.25) is 0 Å². The lowest BCUT2D eigenvalue weighted by Gasteiger charge is -2.15. The van der Waals surface area contributed by atoms with Crippen LogP contribution >= 0.6 is 0 Å². The second-order valence-electron chi connectivity index (χ2n) is 4.99. The molecule has 5 heteroatoms. The van der Waals surface area contributed by atoms with E-state index in [2.05, 4.69) is 10.6 Å². The average Bonchev–Trinajstić information content (AvgIpc) is 2.49. The normalized spacial score (nSPS) is 11.7. The molecule has 0 spiro atoms. The lowest BCUT2D eigenvalue weighted by molar-refractivity contribution is 0.0941. The summed E-state index contributed by atoms with van der Waals surface area (Å²) in [6.07, 6.45) is 1.54. The number of pyridine rings is 1. The van der Waals surface area contributed by atoms with Crippen molar-refractivity contribution in [2.45, 2.75) is 13.0 Å². The number of anilines is 1. The number of benzene rings is 1. The minimum Gasteiger partial charge on any atom is -0.383 e. The second kappa shape index (κ2) is 6.74. The van der Waals surface area contributed by atoms with Crippen LogP contribution in [0.25, 0.3) is 0 Å². The Labute approximate surface area is 123 Å². The molecule has 2 aromatic rings. The van der Waals surface area contributed by atoms with Gasteiger partial charge in [-0.15, -0.1) is 0 Å². The van der Waals surface area contributed by atoms with E-state index in [0.29, 0.717) is 12.1 Å². The standard InChI is InChI=1S/C16H19N3O2/c1-12(10-17-14-6-4-3-5-7-14)18-16(21)13-8-9-15(20)19(2)11-13/h3-9,11-12,17H,10H2,1-2H3,(H,18,21)/t12-/m1/s1. The van der Waals surface area contributed by atoms with Gasteiger partial charge in [0.2, 0.25) is 5.56 Å². The van der Waals surface area contributed by atoms with Crippen LogP contribution in [0.1, 0.15) is 17.3 Å². The highest BCUT2D eigenvalue weighted by Gasteiger charge is 2.10. The Morgan fingerprint density at radius 2 is 1.90 bits per heavy atom. The van der Waals surface area contributed by atoms with Crippen molar-refractivity contribution in [3.8, 4) is 0 Å². The molecule has 2 rings (SSSR count). The maximum atomic E-state index is 12.1. The summed E-state index contributed by atoms with van der Waals surface area (Å²) in [7, 11) is 1.62. The van der Waals surface area contributed by atoms with Crippen molar-refractivity contribution in [2.24, 2.45) is 7.05 Å². The van der Waals surface area contributed by atoms with Crippen molar-refractivity contribution in [2.75, 3.05) is 11.9 Å². The van der Waals surface area contributed by atoms with Crippen LogP contribution in [0.3, 0.4) is 0 Å². The number of aryl methyl sites for hydroxylation is 1. The number of carbonyl (C=O) groups is 1. The van der Waals surface area contributed by atoms with Crippen molar-refractivity contribution in [3.63, 3.8) is 0 Å². The summed E-state index contributed by atoms with van der Waals surface area (Å²) in [4.78, 5) is 23.4. The molecule has 0 fully saturated rings. The van der Waals surface area contributed by atoms with Gasteiger partial charge in [0.25, 0.3) is 5.91 Å². The van der Waals surface area contributed by atoms with Crippen LogP contribution < -0.4 is 16.2 Å². The molecule has 1 aromatic heterocycles. The van der Waals surface area contributed by atoms with Gasteiger partial charge in [-0.2, -0.15) is 0 Å². The van der Waals surface area contributed by atoms with Gasteiger partial charge in [0.05, 0.1) is 5.56 Å². The number of hydrogen-bond acceptors (Lipinski definition) is 3. The van der Waals surface area contributed by atoms with Crippen molar-refractivity contribution in [1.29, 1.82) is 0 Å². The summed E-state index contributed by atoms with van der Waals surface area (Å²) in [6.45, 7) is 2.55. The molecule has 0 aliphatic rings. The van der Waals surface area contributed by atoms with E-state index in [4.69, 9.17) is 0 Å². The van der Waals surface area contributed by atoms with Crippen LogP contribution in [0.15, 0.2) is 53.5 Å². The van der Waals surface area contributed by atoms with Crippen LogP contribution in [0.4, 0.5) is 5.69 Å². The van der Waals surface area contributed by atoms with Gasteiger partial charge in [-0.1, -0.05) is 18.2 Å². The number of hydrogen-bond donors (Lipinski definition) is 2. The Hall–Kier alpha value is -2.56. The van der Waals surface area contributed by atoms with E-state index >= 15 is 0 Å². The second-order valence-corrected chi connectivity index (χ2v) is 4.99. The smallest absolute Gasteiger partial charge is 0.253 e. The number of nitrogens with one attached hydrogen (secondary N) is 2. The van der Waals surface area contributed by atoms with Gasteiger partial charge >= 0.3 is 0 Å². The summed E-state index contributed by atoms with van der Waals surface area (Å²) in [6, 6.07) is 12.7. The van der Waals surface area contributed by atoms with Crippen LogP contribution in [0.5, 0.6) is 0 Å². The molecule has 2 N–H and O–H groups in total. The van der Waals surface area contributed by atoms with E-state index in [-0.39, 0.29) is 17.5 Å². The number of aromatic nitrogens is 1. The van der Waals surface area contributed by atoms with Gasteiger partial charge in [0.15, 0.2) is 0 Å². The van der Waals surface area contributed by atoms with Gasteiger partial charge in [-0.3, -0.25) is 9.59 Å². The minimum atomic E-state index is -0.187. The number of rotatable bonds is 5. The molecule has 1 heterocycles. The van der Waals surface area contributed by atoms with Gasteiger partial charge < -0.3 is 15.2 Å². The Morgan fingerprint density at radius 3 is 2.57 bits per heavy atom. The molecule has 0 aliphatic carbocycles. The first-order chi connectivity index (χ1) is 10.1. The van der Waals surface area contributed by atoms with E-state index in [0.717, 1.165) is 5.69 Å². The fourth-order valence-corrected chi connectivity index (χ4v) is 1.91. The van der Waals surface area contributed by atoms with Crippen molar-refractivity contribution in [1.82, 2.24) is 9.88 Å². The first-order valence-corrected chi connectivity index (χ1v) is 6.83. The zero-order chi connectivity index (χ0) is 15.2. The molecule has 0 saturated heterocycles. The Kier molecular flexibility index (Phi) is 4.77. The van der Waals surface area contributed by atoms with E-state index < -0.39 is 0 Å². The van der Waals surface area contributed by atoms with Crippen molar-refractivity contribution < 1.29 is 4.79 Å². The van der Waals surface area contributed by atoms with Gasteiger partial charge in [-0.05, 0) is 25.1 Å². The van der Waals surface area contributed by atoms with Crippen LogP contribution in [-0.2, 0) is 7.05 Å². The van der Waals surface area contributed by atoms with Gasteiger partial charge in [0.1, 0.15) is 0 Å². The van der Waals surface area contributed by atoms with Crippen molar-refractivity contribution >= 4 is 11.6 Å². The number of carbonyl (C=O) groups excluding carboxylic acids is 1. The molecule has 1 amide bonds. The molecule has 0 saturated carbocycles. The van der Waals surface area contributed by atoms with Gasteiger partial charge in [0, 0.05) is 37.6 Å². The monoisotopic (exact) mass is 285 g/mol. The highest BCUT2D eigenvalue weighted by molar-refractivity contribution is 5.94. The molecule has 0 unspecified atom stereocenters. The maximum absolute atomic E-state index is 12.1. The zero-order valence-electron chi connectivity index (χ0n) is 12.2. The fraction of sp³-hybridized carbons (Fsp3) is 0.250. The third-order valence-corrected chi connectivity index (χ3v) is 3.11. The summed E-state index contributed by atoms with van der Waals surface area (Å²) >= 11 is 0. The van der Waals surface area contributed by atoms with E-state index in [1.165, 1.54) is 22.9 Å². The molecule has 110 valence electrons. The largest absolute Gasteiger partial charge is 0.383 e. The molecule has 0 bridgehead atoms. The molecule has 1 aromatic carbocycles. The molecule has 1 atom stereocenters. The van der Waals surface area contributed by atoms with Crippen LogP contribution in [0, 0.1) is 0 Å². The minimum absolute atomic E-state index is 0.0325. The summed E-state index contributed by atoms with van der Waals surface area (Å²) < 4.78 is 1.39. The Balaban J connectivity index is 1.89. The SMILES string of the molecule is C[C@H](CNc1ccccc1)NC(=O)c1ccc(=O)n(C)c1.